The van der Waals surface area contributed by atoms with Crippen molar-refractivity contribution in [2.75, 3.05) is 7.11 Å². The van der Waals surface area contributed by atoms with E-state index in [-0.39, 0.29) is 16.7 Å². The number of aliphatic carboxylic acids is 1. The third-order valence-corrected chi connectivity index (χ3v) is 2.06. The third-order valence-electron chi connectivity index (χ3n) is 2.06. The number of hydrogen-bond donors (Lipinski definition) is 1. The summed E-state index contributed by atoms with van der Waals surface area (Å²) in [4.78, 5) is 21.3. The number of benzene rings is 1. The first kappa shape index (κ1) is 12.5. The van der Waals surface area contributed by atoms with Crippen molar-refractivity contribution in [3.63, 3.8) is 0 Å². The summed E-state index contributed by atoms with van der Waals surface area (Å²) >= 11 is 0. The Bertz CT molecular complexity index is 526. The molecule has 0 saturated heterocycles. The third kappa shape index (κ3) is 2.92. The molecule has 5 heteroatoms. The lowest BCUT2D eigenvalue weighted by Gasteiger charge is -2.05. The van der Waals surface area contributed by atoms with Gasteiger partial charge in [0.2, 0.25) is 0 Å². The van der Waals surface area contributed by atoms with Crippen molar-refractivity contribution in [3.05, 3.63) is 34.9 Å². The van der Waals surface area contributed by atoms with E-state index in [2.05, 4.69) is 0 Å². The molecule has 0 aliphatic carbocycles. The average Bonchev–Trinajstić information content (AvgIpc) is 2.34. The van der Waals surface area contributed by atoms with Crippen molar-refractivity contribution >= 4 is 18.3 Å². The molecule has 0 unspecified atom stereocenters. The fraction of sp³-hybridized carbons (Fsp3) is 0.0833. The predicted molar refractivity (Wildman–Crippen MR) is 59.8 cm³/mol. The Hall–Kier alpha value is -2.61. The standard InChI is InChI=1S/C12H9NO4/c1-17-10-4-8(6-13)11(2-3-12(15)16)9(5-10)7-14/h2-5,7H,1H3,(H,15,16)/b3-2+. The van der Waals surface area contributed by atoms with Crippen LogP contribution in [0.3, 0.4) is 0 Å². The van der Waals surface area contributed by atoms with E-state index < -0.39 is 5.97 Å². The molecule has 1 rings (SSSR count). The lowest BCUT2D eigenvalue weighted by Crippen LogP contribution is -1.95. The number of aldehydes is 1. The van der Waals surface area contributed by atoms with Crippen molar-refractivity contribution < 1.29 is 19.4 Å². The van der Waals surface area contributed by atoms with E-state index >= 15 is 0 Å². The molecule has 17 heavy (non-hydrogen) atoms. The molecule has 1 aromatic carbocycles. The Morgan fingerprint density at radius 2 is 2.24 bits per heavy atom. The molecule has 0 spiro atoms. The van der Waals surface area contributed by atoms with Crippen LogP contribution in [0.1, 0.15) is 21.5 Å². The highest BCUT2D eigenvalue weighted by molar-refractivity contribution is 5.90. The van der Waals surface area contributed by atoms with Gasteiger partial charge < -0.3 is 9.84 Å². The number of rotatable bonds is 4. The Morgan fingerprint density at radius 3 is 2.71 bits per heavy atom. The lowest BCUT2D eigenvalue weighted by atomic mass is 10.0. The molecule has 0 aliphatic rings. The summed E-state index contributed by atoms with van der Waals surface area (Å²) in [5.41, 5.74) is 0.660. The first-order valence-electron chi connectivity index (χ1n) is 4.60. The zero-order valence-corrected chi connectivity index (χ0v) is 9.01. The number of hydrogen-bond acceptors (Lipinski definition) is 4. The summed E-state index contributed by atoms with van der Waals surface area (Å²) in [6, 6.07) is 4.76. The second-order valence-electron chi connectivity index (χ2n) is 3.08. The molecule has 0 aliphatic heterocycles. The van der Waals surface area contributed by atoms with Crippen molar-refractivity contribution in [2.24, 2.45) is 0 Å². The number of carbonyl (C=O) groups is 2. The highest BCUT2D eigenvalue weighted by Gasteiger charge is 2.09. The maximum absolute atomic E-state index is 10.9. The van der Waals surface area contributed by atoms with E-state index in [9.17, 15) is 9.59 Å². The number of carboxylic acids is 1. The summed E-state index contributed by atoms with van der Waals surface area (Å²) < 4.78 is 4.93. The van der Waals surface area contributed by atoms with Crippen molar-refractivity contribution in [3.8, 4) is 11.8 Å². The molecule has 1 aromatic rings. The Morgan fingerprint density at radius 1 is 1.53 bits per heavy atom. The second kappa shape index (κ2) is 5.47. The van der Waals surface area contributed by atoms with Crippen LogP contribution in [-0.4, -0.2) is 24.5 Å². The van der Waals surface area contributed by atoms with Crippen LogP contribution in [-0.2, 0) is 4.79 Å². The predicted octanol–water partition coefficient (Wildman–Crippen LogP) is 1.48. The van der Waals surface area contributed by atoms with Crippen LogP contribution in [0.4, 0.5) is 0 Å². The molecule has 0 aromatic heterocycles. The first-order valence-corrected chi connectivity index (χ1v) is 4.60. The van der Waals surface area contributed by atoms with Crippen molar-refractivity contribution in [1.82, 2.24) is 0 Å². The SMILES string of the molecule is COc1cc(C#N)c(/C=C/C(=O)O)c(C=O)c1. The molecule has 0 amide bonds. The number of carboxylic acid groups (broad SMARTS) is 1. The fourth-order valence-electron chi connectivity index (χ4n) is 1.30. The van der Waals surface area contributed by atoms with E-state index in [4.69, 9.17) is 15.1 Å². The summed E-state index contributed by atoms with van der Waals surface area (Å²) in [5.74, 6) is -0.780. The molecule has 0 atom stereocenters. The number of nitrogens with zero attached hydrogens (tertiary/aromatic N) is 1. The zero-order chi connectivity index (χ0) is 12.8. The normalized spacial score (nSPS) is 9.88. The minimum atomic E-state index is -1.15. The Labute approximate surface area is 97.6 Å². The van der Waals surface area contributed by atoms with Crippen LogP contribution in [0, 0.1) is 11.3 Å². The summed E-state index contributed by atoms with van der Waals surface area (Å²) in [6.07, 6.45) is 2.63. The van der Waals surface area contributed by atoms with E-state index in [0.29, 0.717) is 12.0 Å². The smallest absolute Gasteiger partial charge is 0.328 e. The average molecular weight is 231 g/mol. The number of ether oxygens (including phenoxy) is 1. The van der Waals surface area contributed by atoms with E-state index in [1.807, 2.05) is 6.07 Å². The molecule has 0 fully saturated rings. The van der Waals surface area contributed by atoms with E-state index in [1.54, 1.807) is 0 Å². The minimum Gasteiger partial charge on any atom is -0.497 e. The maximum Gasteiger partial charge on any atom is 0.328 e. The Kier molecular flexibility index (Phi) is 4.01. The number of carbonyl (C=O) groups excluding carboxylic acids is 1. The highest BCUT2D eigenvalue weighted by atomic mass is 16.5. The second-order valence-corrected chi connectivity index (χ2v) is 3.08. The van der Waals surface area contributed by atoms with Gasteiger partial charge in [0.1, 0.15) is 5.75 Å². The lowest BCUT2D eigenvalue weighted by molar-refractivity contribution is -0.131. The quantitative estimate of drug-likeness (QED) is 0.626. The summed E-state index contributed by atoms with van der Waals surface area (Å²) in [7, 11) is 1.41. The molecule has 1 N–H and O–H groups in total. The molecule has 0 radical (unpaired) electrons. The van der Waals surface area contributed by atoms with Crippen LogP contribution >= 0.6 is 0 Å². The van der Waals surface area contributed by atoms with E-state index in [0.717, 1.165) is 6.08 Å². The minimum absolute atomic E-state index is 0.184. The largest absolute Gasteiger partial charge is 0.497 e. The number of nitriles is 1. The first-order chi connectivity index (χ1) is 8.12. The van der Waals surface area contributed by atoms with Gasteiger partial charge in [0, 0.05) is 17.2 Å². The van der Waals surface area contributed by atoms with Crippen LogP contribution in [0.15, 0.2) is 18.2 Å². The van der Waals surface area contributed by atoms with Gasteiger partial charge in [-0.15, -0.1) is 0 Å². The molecule has 86 valence electrons. The summed E-state index contributed by atoms with van der Waals surface area (Å²) in [6.45, 7) is 0. The van der Waals surface area contributed by atoms with Gasteiger partial charge in [-0.25, -0.2) is 4.79 Å². The molecule has 0 bridgehead atoms. The van der Waals surface area contributed by atoms with Gasteiger partial charge in [-0.3, -0.25) is 4.79 Å². The van der Waals surface area contributed by atoms with Gasteiger partial charge >= 0.3 is 5.97 Å². The number of methoxy groups -OCH3 is 1. The Balaban J connectivity index is 3.41. The molecule has 0 saturated carbocycles. The topological polar surface area (TPSA) is 87.4 Å². The molecular formula is C12H9NO4. The maximum atomic E-state index is 10.9. The monoisotopic (exact) mass is 231 g/mol. The van der Waals surface area contributed by atoms with Crippen LogP contribution in [0.25, 0.3) is 6.08 Å². The van der Waals surface area contributed by atoms with Crippen LogP contribution in [0.2, 0.25) is 0 Å². The van der Waals surface area contributed by atoms with Crippen molar-refractivity contribution in [2.45, 2.75) is 0 Å². The fourth-order valence-corrected chi connectivity index (χ4v) is 1.30. The van der Waals surface area contributed by atoms with Crippen LogP contribution in [0.5, 0.6) is 5.75 Å². The van der Waals surface area contributed by atoms with Gasteiger partial charge in [0.15, 0.2) is 6.29 Å². The van der Waals surface area contributed by atoms with Crippen LogP contribution < -0.4 is 4.74 Å². The summed E-state index contributed by atoms with van der Waals surface area (Å²) in [5, 5.41) is 17.4. The molecule has 0 heterocycles. The van der Waals surface area contributed by atoms with Gasteiger partial charge in [-0.1, -0.05) is 0 Å². The van der Waals surface area contributed by atoms with Gasteiger partial charge in [-0.2, -0.15) is 5.26 Å². The molecule has 5 nitrogen and oxygen atoms in total. The zero-order valence-electron chi connectivity index (χ0n) is 9.01. The van der Waals surface area contributed by atoms with Gasteiger partial charge in [0.05, 0.1) is 18.7 Å². The van der Waals surface area contributed by atoms with Gasteiger partial charge in [-0.05, 0) is 18.2 Å². The van der Waals surface area contributed by atoms with Gasteiger partial charge in [0.25, 0.3) is 0 Å². The molecular weight excluding hydrogens is 222 g/mol. The van der Waals surface area contributed by atoms with Crippen molar-refractivity contribution in [1.29, 1.82) is 5.26 Å². The van der Waals surface area contributed by atoms with E-state index in [1.165, 1.54) is 25.3 Å². The highest BCUT2D eigenvalue weighted by Crippen LogP contribution is 2.22.